The van der Waals surface area contributed by atoms with Crippen LogP contribution in [-0.4, -0.2) is 16.1 Å². The third-order valence-corrected chi connectivity index (χ3v) is 19.8. The fraction of sp³-hybridized carbons (Fsp3) is 0.371. The fourth-order valence-electron chi connectivity index (χ4n) is 5.93. The Labute approximate surface area is 229 Å². The van der Waals surface area contributed by atoms with E-state index in [2.05, 4.69) is 140 Å². The van der Waals surface area contributed by atoms with Gasteiger partial charge < -0.3 is 0 Å². The van der Waals surface area contributed by atoms with Gasteiger partial charge in [-0.15, -0.1) is 0 Å². The predicted octanol–water partition coefficient (Wildman–Crippen LogP) is 9.63. The van der Waals surface area contributed by atoms with Crippen molar-refractivity contribution in [3.8, 4) is 0 Å². The van der Waals surface area contributed by atoms with Crippen molar-refractivity contribution < 1.29 is 0 Å². The Bertz CT molecular complexity index is 1200. The first kappa shape index (κ1) is 29.1. The SMILES string of the molecule is C/C=C(/c1ccc([Si](CC)(CC)CC)cc1)c1cccc(/C(=C/C)c2ccc([Si](C)(CC)CC)cc2)c1. The van der Waals surface area contributed by atoms with Gasteiger partial charge in [0.25, 0.3) is 0 Å². The van der Waals surface area contributed by atoms with E-state index in [-0.39, 0.29) is 0 Å². The van der Waals surface area contributed by atoms with Crippen LogP contribution in [0.5, 0.6) is 0 Å². The van der Waals surface area contributed by atoms with Crippen LogP contribution in [0.15, 0.2) is 84.9 Å². The summed E-state index contributed by atoms with van der Waals surface area (Å²) in [6.07, 6.45) is 4.53. The van der Waals surface area contributed by atoms with Gasteiger partial charge in [0.1, 0.15) is 0 Å². The van der Waals surface area contributed by atoms with Crippen LogP contribution in [0, 0.1) is 0 Å². The predicted molar refractivity (Wildman–Crippen MR) is 174 cm³/mol. The zero-order valence-corrected chi connectivity index (χ0v) is 26.6. The fourth-order valence-corrected chi connectivity index (χ4v) is 11.8. The molecule has 0 fully saturated rings. The molecule has 3 rings (SSSR count). The summed E-state index contributed by atoms with van der Waals surface area (Å²) in [7, 11) is -2.69. The average Bonchev–Trinajstić information content (AvgIpc) is 2.96. The number of rotatable bonds is 11. The second kappa shape index (κ2) is 12.9. The molecule has 3 aromatic rings. The Hall–Kier alpha value is -2.43. The van der Waals surface area contributed by atoms with Crippen LogP contribution in [0.4, 0.5) is 0 Å². The standard InChI is InChI=1S/C35H48Si2/c1-9-34(28-19-23-32(24-20-28)36(8,11-3)12-4)30-17-16-18-31(27-30)35(10-2)29-21-25-33(26-22-29)37(13-5,14-6)15-7/h9-10,16-27H,11-15H2,1-8H3/b34-9+,35-10-. The van der Waals surface area contributed by atoms with E-state index in [1.165, 1.54) is 63.6 Å². The zero-order chi connectivity index (χ0) is 27.1. The van der Waals surface area contributed by atoms with E-state index in [4.69, 9.17) is 0 Å². The smallest absolute Gasteiger partial charge is 0.0792 e. The van der Waals surface area contributed by atoms with Crippen molar-refractivity contribution in [3.63, 3.8) is 0 Å². The second-order valence-electron chi connectivity index (χ2n) is 10.7. The summed E-state index contributed by atoms with van der Waals surface area (Å²) >= 11 is 0. The highest BCUT2D eigenvalue weighted by molar-refractivity contribution is 6.91. The molecule has 0 aliphatic rings. The zero-order valence-electron chi connectivity index (χ0n) is 24.6. The highest BCUT2D eigenvalue weighted by Crippen LogP contribution is 2.30. The Morgan fingerprint density at radius 1 is 0.541 bits per heavy atom. The van der Waals surface area contributed by atoms with Crippen LogP contribution in [0.1, 0.15) is 70.7 Å². The number of hydrogen-bond acceptors (Lipinski definition) is 0. The Morgan fingerprint density at radius 2 is 0.946 bits per heavy atom. The summed E-state index contributed by atoms with van der Waals surface area (Å²) < 4.78 is 0. The summed E-state index contributed by atoms with van der Waals surface area (Å²) in [5, 5.41) is 3.18. The highest BCUT2D eigenvalue weighted by atomic mass is 28.3. The summed E-state index contributed by atoms with van der Waals surface area (Å²) in [5.41, 5.74) is 7.79. The summed E-state index contributed by atoms with van der Waals surface area (Å²) in [6, 6.07) is 34.7. The van der Waals surface area contributed by atoms with Crippen molar-refractivity contribution in [3.05, 3.63) is 107 Å². The van der Waals surface area contributed by atoms with Crippen molar-refractivity contribution >= 4 is 37.7 Å². The minimum atomic E-state index is -1.35. The normalized spacial score (nSPS) is 13.2. The molecule has 0 saturated carbocycles. The van der Waals surface area contributed by atoms with E-state index in [1.54, 1.807) is 10.4 Å². The largest absolute Gasteiger partial charge is 0.0859 e. The molecule has 0 atom stereocenters. The molecule has 0 amide bonds. The highest BCUT2D eigenvalue weighted by Gasteiger charge is 2.29. The van der Waals surface area contributed by atoms with Gasteiger partial charge in [0.2, 0.25) is 0 Å². The molecular formula is C35H48Si2. The van der Waals surface area contributed by atoms with Crippen LogP contribution in [0.25, 0.3) is 11.1 Å². The molecule has 0 heterocycles. The summed E-state index contributed by atoms with van der Waals surface area (Å²) in [5.74, 6) is 0. The molecule has 0 aromatic heterocycles. The molecular weight excluding hydrogens is 477 g/mol. The first-order valence-electron chi connectivity index (χ1n) is 14.5. The van der Waals surface area contributed by atoms with Gasteiger partial charge in [-0.05, 0) is 53.3 Å². The van der Waals surface area contributed by atoms with Crippen molar-refractivity contribution in [2.75, 3.05) is 0 Å². The van der Waals surface area contributed by atoms with E-state index in [9.17, 15) is 0 Å². The monoisotopic (exact) mass is 524 g/mol. The summed E-state index contributed by atoms with van der Waals surface area (Å²) in [4.78, 5) is 0. The van der Waals surface area contributed by atoms with Crippen LogP contribution < -0.4 is 10.4 Å². The van der Waals surface area contributed by atoms with Gasteiger partial charge in [-0.2, -0.15) is 0 Å². The van der Waals surface area contributed by atoms with E-state index in [0.29, 0.717) is 0 Å². The summed E-state index contributed by atoms with van der Waals surface area (Å²) in [6.45, 7) is 18.7. The number of allylic oxidation sites excluding steroid dienone is 2. The molecule has 196 valence electrons. The van der Waals surface area contributed by atoms with Gasteiger partial charge in [0.05, 0.1) is 16.1 Å². The van der Waals surface area contributed by atoms with Gasteiger partial charge >= 0.3 is 0 Å². The lowest BCUT2D eigenvalue weighted by Gasteiger charge is -2.29. The number of benzene rings is 3. The van der Waals surface area contributed by atoms with Crippen LogP contribution >= 0.6 is 0 Å². The molecule has 0 aliphatic carbocycles. The van der Waals surface area contributed by atoms with Crippen molar-refractivity contribution in [2.45, 2.75) is 85.2 Å². The van der Waals surface area contributed by atoms with Crippen LogP contribution in [-0.2, 0) is 0 Å². The maximum absolute atomic E-state index is 2.52. The van der Waals surface area contributed by atoms with E-state index in [1.807, 2.05) is 0 Å². The third kappa shape index (κ3) is 6.02. The Morgan fingerprint density at radius 3 is 1.30 bits per heavy atom. The molecule has 37 heavy (non-hydrogen) atoms. The van der Waals surface area contributed by atoms with Gasteiger partial charge in [-0.3, -0.25) is 0 Å². The molecule has 0 bridgehead atoms. The topological polar surface area (TPSA) is 0 Å². The molecule has 0 unspecified atom stereocenters. The van der Waals surface area contributed by atoms with Crippen molar-refractivity contribution in [1.29, 1.82) is 0 Å². The Balaban J connectivity index is 1.94. The van der Waals surface area contributed by atoms with Crippen LogP contribution in [0.2, 0.25) is 36.8 Å². The molecule has 3 aromatic carbocycles. The maximum atomic E-state index is 2.52. The number of hydrogen-bond donors (Lipinski definition) is 0. The van der Waals surface area contributed by atoms with Crippen molar-refractivity contribution in [1.82, 2.24) is 0 Å². The molecule has 0 N–H and O–H groups in total. The molecule has 0 saturated heterocycles. The lowest BCUT2D eigenvalue weighted by molar-refractivity contribution is 1.19. The molecule has 0 radical (unpaired) electrons. The van der Waals surface area contributed by atoms with E-state index in [0.717, 1.165) is 0 Å². The van der Waals surface area contributed by atoms with Gasteiger partial charge in [0, 0.05) is 0 Å². The van der Waals surface area contributed by atoms with E-state index < -0.39 is 16.1 Å². The third-order valence-electron chi connectivity index (χ3n) is 9.35. The first-order chi connectivity index (χ1) is 17.8. The molecule has 0 aliphatic heterocycles. The van der Waals surface area contributed by atoms with Gasteiger partial charge in [-0.1, -0.05) is 161 Å². The van der Waals surface area contributed by atoms with Gasteiger partial charge in [-0.25, -0.2) is 0 Å². The molecule has 2 heteroatoms. The van der Waals surface area contributed by atoms with E-state index >= 15 is 0 Å². The van der Waals surface area contributed by atoms with Crippen LogP contribution in [0.3, 0.4) is 0 Å². The minimum Gasteiger partial charge on any atom is -0.0792 e. The van der Waals surface area contributed by atoms with Crippen molar-refractivity contribution in [2.24, 2.45) is 0 Å². The lowest BCUT2D eigenvalue weighted by Crippen LogP contribution is -2.45. The average molecular weight is 525 g/mol. The first-order valence-corrected chi connectivity index (χ1v) is 20.0. The lowest BCUT2D eigenvalue weighted by atomic mass is 9.92. The maximum Gasteiger partial charge on any atom is 0.0859 e. The minimum absolute atomic E-state index is 1.28. The second-order valence-corrected chi connectivity index (χ2v) is 21.1. The molecule has 0 nitrogen and oxygen atoms in total. The molecule has 0 spiro atoms. The quantitative estimate of drug-likeness (QED) is 0.219. The Kier molecular flexibility index (Phi) is 10.1. The van der Waals surface area contributed by atoms with Gasteiger partial charge in [0.15, 0.2) is 0 Å².